The fraction of sp³-hybridized carbons (Fsp3) is 0.667. The van der Waals surface area contributed by atoms with Gasteiger partial charge in [0.15, 0.2) is 5.96 Å². The van der Waals surface area contributed by atoms with E-state index in [1.807, 2.05) is 38.1 Å². The Morgan fingerprint density at radius 3 is 2.57 bits per heavy atom. The Bertz CT molecular complexity index is 655. The molecule has 0 bridgehead atoms. The second kappa shape index (κ2) is 12.6. The van der Waals surface area contributed by atoms with Crippen LogP contribution in [0.3, 0.4) is 0 Å². The van der Waals surface area contributed by atoms with Crippen LogP contribution in [0.4, 0.5) is 13.2 Å². The largest absolute Gasteiger partial charge is 0.489 e. The number of nitrogens with zero attached hydrogens (tertiary/aromatic N) is 3. The molecule has 0 saturated carbocycles. The molecule has 0 aliphatic carbocycles. The SMILES string of the molecule is CCN(CC1CCN(C(=NC)NCC(C)Oc2ccc(C)cc2)C1)CC(F)(F)F.I. The number of alkyl halides is 3. The number of nitrogens with one attached hydrogen (secondary N) is 1. The van der Waals surface area contributed by atoms with E-state index in [0.717, 1.165) is 24.7 Å². The minimum absolute atomic E-state index is 0. The number of halogens is 4. The van der Waals surface area contributed by atoms with Gasteiger partial charge in [0.1, 0.15) is 11.9 Å². The molecule has 5 nitrogen and oxygen atoms in total. The molecule has 1 aromatic rings. The molecule has 1 fully saturated rings. The highest BCUT2D eigenvalue weighted by Crippen LogP contribution is 2.21. The van der Waals surface area contributed by atoms with Gasteiger partial charge in [-0.05, 0) is 44.9 Å². The Kier molecular flexibility index (Phi) is 11.2. The fourth-order valence-electron chi connectivity index (χ4n) is 3.56. The van der Waals surface area contributed by atoms with E-state index in [9.17, 15) is 13.2 Å². The average molecular weight is 542 g/mol. The summed E-state index contributed by atoms with van der Waals surface area (Å²) in [7, 11) is 1.73. The number of aryl methyl sites for hydroxylation is 1. The number of hydrogen-bond donors (Lipinski definition) is 1. The quantitative estimate of drug-likeness (QED) is 0.305. The molecular weight excluding hydrogens is 508 g/mol. The van der Waals surface area contributed by atoms with Gasteiger partial charge in [-0.1, -0.05) is 24.6 Å². The minimum Gasteiger partial charge on any atom is -0.489 e. The number of hydrogen-bond acceptors (Lipinski definition) is 3. The van der Waals surface area contributed by atoms with Crippen LogP contribution < -0.4 is 10.1 Å². The zero-order valence-electron chi connectivity index (χ0n) is 18.2. The van der Waals surface area contributed by atoms with Crippen molar-refractivity contribution in [2.75, 3.05) is 46.3 Å². The van der Waals surface area contributed by atoms with Gasteiger partial charge in [-0.15, -0.1) is 24.0 Å². The van der Waals surface area contributed by atoms with Crippen molar-refractivity contribution in [3.63, 3.8) is 0 Å². The molecule has 1 aliphatic rings. The van der Waals surface area contributed by atoms with Crippen molar-refractivity contribution < 1.29 is 17.9 Å². The highest BCUT2D eigenvalue weighted by atomic mass is 127. The van der Waals surface area contributed by atoms with Crippen molar-refractivity contribution in [3.8, 4) is 5.75 Å². The lowest BCUT2D eigenvalue weighted by molar-refractivity contribution is -0.146. The van der Waals surface area contributed by atoms with Crippen LogP contribution in [0, 0.1) is 12.8 Å². The number of rotatable bonds is 8. The third kappa shape index (κ3) is 9.28. The number of ether oxygens (including phenoxy) is 1. The molecule has 1 aliphatic heterocycles. The molecule has 30 heavy (non-hydrogen) atoms. The summed E-state index contributed by atoms with van der Waals surface area (Å²) in [5.41, 5.74) is 1.18. The van der Waals surface area contributed by atoms with Crippen LogP contribution in [-0.4, -0.2) is 74.4 Å². The highest BCUT2D eigenvalue weighted by Gasteiger charge is 2.33. The summed E-state index contributed by atoms with van der Waals surface area (Å²) < 4.78 is 44.0. The summed E-state index contributed by atoms with van der Waals surface area (Å²) in [5.74, 6) is 1.80. The van der Waals surface area contributed by atoms with Gasteiger partial charge in [0.25, 0.3) is 0 Å². The number of aliphatic imine (C=N–C) groups is 1. The van der Waals surface area contributed by atoms with Crippen molar-refractivity contribution in [1.82, 2.24) is 15.1 Å². The molecule has 1 aromatic carbocycles. The fourth-order valence-corrected chi connectivity index (χ4v) is 3.56. The molecule has 2 atom stereocenters. The van der Waals surface area contributed by atoms with E-state index >= 15 is 0 Å². The summed E-state index contributed by atoms with van der Waals surface area (Å²) in [6, 6.07) is 7.92. The van der Waals surface area contributed by atoms with E-state index in [1.165, 1.54) is 10.5 Å². The minimum atomic E-state index is -4.15. The van der Waals surface area contributed by atoms with E-state index in [4.69, 9.17) is 4.74 Å². The molecule has 2 unspecified atom stereocenters. The van der Waals surface area contributed by atoms with Gasteiger partial charge in [0, 0.05) is 26.7 Å². The molecule has 2 rings (SSSR count). The van der Waals surface area contributed by atoms with E-state index in [1.54, 1.807) is 14.0 Å². The maximum absolute atomic E-state index is 12.7. The van der Waals surface area contributed by atoms with Crippen LogP contribution in [-0.2, 0) is 0 Å². The monoisotopic (exact) mass is 542 g/mol. The summed E-state index contributed by atoms with van der Waals surface area (Å²) >= 11 is 0. The lowest BCUT2D eigenvalue weighted by Gasteiger charge is -2.26. The predicted molar refractivity (Wildman–Crippen MR) is 126 cm³/mol. The van der Waals surface area contributed by atoms with Crippen LogP contribution in [0.2, 0.25) is 0 Å². The molecule has 0 aromatic heterocycles. The van der Waals surface area contributed by atoms with Crippen molar-refractivity contribution in [3.05, 3.63) is 29.8 Å². The Morgan fingerprint density at radius 2 is 2.00 bits per heavy atom. The van der Waals surface area contributed by atoms with Gasteiger partial charge < -0.3 is 15.0 Å². The van der Waals surface area contributed by atoms with Gasteiger partial charge in [0.2, 0.25) is 0 Å². The van der Waals surface area contributed by atoms with Gasteiger partial charge in [-0.25, -0.2) is 0 Å². The lowest BCUT2D eigenvalue weighted by Crippen LogP contribution is -2.44. The standard InChI is InChI=1S/C21H33F3N4O.HI/c1-5-27(15-21(22,23)24)13-18-10-11-28(14-18)20(25-4)26-12-17(3)29-19-8-6-16(2)7-9-19;/h6-9,17-18H,5,10-15H2,1-4H3,(H,25,26);1H. The van der Waals surface area contributed by atoms with E-state index < -0.39 is 12.7 Å². The highest BCUT2D eigenvalue weighted by molar-refractivity contribution is 14.0. The normalized spacial score (nSPS) is 18.3. The van der Waals surface area contributed by atoms with Crippen LogP contribution in [0.15, 0.2) is 29.3 Å². The first-order valence-electron chi connectivity index (χ1n) is 10.2. The zero-order valence-corrected chi connectivity index (χ0v) is 20.5. The Hall–Kier alpha value is -1.23. The van der Waals surface area contributed by atoms with Crippen LogP contribution in [0.5, 0.6) is 5.75 Å². The van der Waals surface area contributed by atoms with Crippen molar-refractivity contribution in [1.29, 1.82) is 0 Å². The smallest absolute Gasteiger partial charge is 0.401 e. The second-order valence-electron chi connectivity index (χ2n) is 7.71. The number of guanidine groups is 1. The topological polar surface area (TPSA) is 40.1 Å². The predicted octanol–water partition coefficient (Wildman–Crippen LogP) is 4.16. The summed E-state index contributed by atoms with van der Waals surface area (Å²) in [6.07, 6.45) is -3.33. The van der Waals surface area contributed by atoms with Crippen LogP contribution in [0.1, 0.15) is 25.8 Å². The van der Waals surface area contributed by atoms with Gasteiger partial charge in [-0.3, -0.25) is 9.89 Å². The van der Waals surface area contributed by atoms with Gasteiger partial charge >= 0.3 is 6.18 Å². The Balaban J connectivity index is 0.00000450. The van der Waals surface area contributed by atoms with E-state index in [2.05, 4.69) is 15.2 Å². The molecule has 172 valence electrons. The number of likely N-dealkylation sites (tertiary alicyclic amines) is 1. The molecule has 9 heteroatoms. The maximum Gasteiger partial charge on any atom is 0.401 e. The van der Waals surface area contributed by atoms with Gasteiger partial charge in [-0.2, -0.15) is 13.2 Å². The average Bonchev–Trinajstić information content (AvgIpc) is 3.11. The Labute approximate surface area is 195 Å². The van der Waals surface area contributed by atoms with E-state index in [-0.39, 0.29) is 36.0 Å². The first-order valence-corrected chi connectivity index (χ1v) is 10.2. The third-order valence-electron chi connectivity index (χ3n) is 5.07. The second-order valence-corrected chi connectivity index (χ2v) is 7.71. The molecule has 0 amide bonds. The molecule has 0 radical (unpaired) electrons. The first-order chi connectivity index (χ1) is 13.7. The molecular formula is C21H34F3IN4O. The van der Waals surface area contributed by atoms with Crippen LogP contribution in [0.25, 0.3) is 0 Å². The maximum atomic E-state index is 12.7. The lowest BCUT2D eigenvalue weighted by atomic mass is 10.1. The summed E-state index contributed by atoms with van der Waals surface area (Å²) in [6.45, 7) is 7.90. The van der Waals surface area contributed by atoms with Crippen molar-refractivity contribution in [2.24, 2.45) is 10.9 Å². The molecule has 1 saturated heterocycles. The zero-order chi connectivity index (χ0) is 21.4. The summed E-state index contributed by atoms with van der Waals surface area (Å²) in [5, 5.41) is 3.33. The number of benzene rings is 1. The summed E-state index contributed by atoms with van der Waals surface area (Å²) in [4.78, 5) is 7.93. The van der Waals surface area contributed by atoms with E-state index in [0.29, 0.717) is 26.2 Å². The third-order valence-corrected chi connectivity index (χ3v) is 5.07. The van der Waals surface area contributed by atoms with Crippen LogP contribution >= 0.6 is 24.0 Å². The molecule has 0 spiro atoms. The van der Waals surface area contributed by atoms with Crippen molar-refractivity contribution in [2.45, 2.75) is 39.5 Å². The first kappa shape index (κ1) is 26.8. The Morgan fingerprint density at radius 1 is 1.33 bits per heavy atom. The van der Waals surface area contributed by atoms with Crippen molar-refractivity contribution >= 4 is 29.9 Å². The van der Waals surface area contributed by atoms with Gasteiger partial charge in [0.05, 0.1) is 13.1 Å². The molecule has 1 heterocycles. The molecule has 1 N–H and O–H groups in total.